The number of benzene rings is 1. The minimum absolute atomic E-state index is 0.0755. The van der Waals surface area contributed by atoms with Crippen molar-refractivity contribution < 1.29 is 4.39 Å². The summed E-state index contributed by atoms with van der Waals surface area (Å²) in [7, 11) is 2.13. The molecule has 3 nitrogen and oxygen atoms in total. The third kappa shape index (κ3) is 2.99. The monoisotopic (exact) mass is 311 g/mol. The van der Waals surface area contributed by atoms with Crippen LogP contribution in [0.3, 0.4) is 0 Å². The lowest BCUT2D eigenvalue weighted by Gasteiger charge is -2.44. The Bertz CT molecular complexity index is 687. The molecule has 3 rings (SSSR count). The van der Waals surface area contributed by atoms with E-state index in [0.29, 0.717) is 0 Å². The lowest BCUT2D eigenvalue weighted by molar-refractivity contribution is 0.206. The van der Waals surface area contributed by atoms with Gasteiger partial charge in [0.1, 0.15) is 5.82 Å². The van der Waals surface area contributed by atoms with Crippen LogP contribution >= 0.6 is 0 Å². The molecule has 0 amide bonds. The highest BCUT2D eigenvalue weighted by molar-refractivity contribution is 5.81. The molecule has 1 aliphatic carbocycles. The van der Waals surface area contributed by atoms with Crippen molar-refractivity contribution in [2.24, 2.45) is 5.41 Å². The van der Waals surface area contributed by atoms with Gasteiger partial charge in [0.2, 0.25) is 0 Å². The second-order valence-corrected chi connectivity index (χ2v) is 6.41. The topological polar surface area (TPSA) is 39.1 Å². The molecule has 1 aromatic carbocycles. The van der Waals surface area contributed by atoms with Crippen LogP contribution < -0.4 is 5.32 Å². The van der Waals surface area contributed by atoms with Crippen LogP contribution in [-0.4, -0.2) is 31.3 Å². The van der Waals surface area contributed by atoms with E-state index < -0.39 is 0 Å². The Morgan fingerprint density at radius 3 is 2.74 bits per heavy atom. The van der Waals surface area contributed by atoms with Gasteiger partial charge in [-0.1, -0.05) is 11.6 Å². The zero-order valence-electron chi connectivity index (χ0n) is 13.4. The highest BCUT2D eigenvalue weighted by atomic mass is 19.1. The van der Waals surface area contributed by atoms with Crippen molar-refractivity contribution in [2.75, 3.05) is 25.5 Å². The zero-order valence-corrected chi connectivity index (χ0v) is 13.4. The first-order valence-electron chi connectivity index (χ1n) is 7.86. The third-order valence-corrected chi connectivity index (χ3v) is 4.81. The van der Waals surface area contributed by atoms with Gasteiger partial charge in [0.15, 0.2) is 0 Å². The van der Waals surface area contributed by atoms with Crippen molar-refractivity contribution in [1.29, 1.82) is 5.41 Å². The number of anilines is 1. The van der Waals surface area contributed by atoms with E-state index in [9.17, 15) is 4.39 Å². The Balaban J connectivity index is 1.94. The number of fused-ring (bicyclic) bond motifs is 1. The summed E-state index contributed by atoms with van der Waals surface area (Å²) >= 11 is 0. The summed E-state index contributed by atoms with van der Waals surface area (Å²) in [6.45, 7) is 6.02. The Morgan fingerprint density at radius 1 is 1.35 bits per heavy atom. The average Bonchev–Trinajstić information content (AvgIpc) is 2.56. The first-order chi connectivity index (χ1) is 11.1. The molecule has 1 unspecified atom stereocenters. The number of allylic oxidation sites excluding steroid dienone is 2. The minimum atomic E-state index is -0.250. The second-order valence-electron chi connectivity index (χ2n) is 6.41. The number of piperidine rings is 1. The largest absolute Gasteiger partial charge is 0.355 e. The molecule has 2 N–H and O–H groups in total. The molecular formula is C19H22FN3. The Morgan fingerprint density at radius 2 is 2.09 bits per heavy atom. The average molecular weight is 311 g/mol. The molecule has 1 saturated heterocycles. The molecule has 0 bridgehead atoms. The van der Waals surface area contributed by atoms with Crippen LogP contribution in [0, 0.1) is 16.6 Å². The van der Waals surface area contributed by atoms with E-state index in [0.717, 1.165) is 42.9 Å². The van der Waals surface area contributed by atoms with Crippen LogP contribution in [0.2, 0.25) is 0 Å². The number of likely N-dealkylation sites (tertiary alicyclic amines) is 1. The molecule has 23 heavy (non-hydrogen) atoms. The molecule has 1 aliphatic heterocycles. The molecule has 4 heteroatoms. The van der Waals surface area contributed by atoms with Crippen molar-refractivity contribution in [2.45, 2.75) is 12.8 Å². The molecule has 1 fully saturated rings. The van der Waals surface area contributed by atoms with Crippen molar-refractivity contribution in [1.82, 2.24) is 4.90 Å². The minimum Gasteiger partial charge on any atom is -0.355 e. The SMILES string of the molecule is C=CC12CC(C=N)=C(Nc3ccc(F)cc3)C=C1CCN(C)C2. The molecule has 0 saturated carbocycles. The number of rotatable bonds is 4. The first kappa shape index (κ1) is 15.7. The highest BCUT2D eigenvalue weighted by Gasteiger charge is 2.39. The first-order valence-corrected chi connectivity index (χ1v) is 7.86. The van der Waals surface area contributed by atoms with E-state index >= 15 is 0 Å². The summed E-state index contributed by atoms with van der Waals surface area (Å²) < 4.78 is 13.1. The van der Waals surface area contributed by atoms with Gasteiger partial charge >= 0.3 is 0 Å². The summed E-state index contributed by atoms with van der Waals surface area (Å²) in [6.07, 6.45) is 7.38. The quantitative estimate of drug-likeness (QED) is 0.652. The van der Waals surface area contributed by atoms with Gasteiger partial charge in [-0.3, -0.25) is 0 Å². The van der Waals surface area contributed by atoms with Crippen LogP contribution in [-0.2, 0) is 0 Å². The van der Waals surface area contributed by atoms with Crippen molar-refractivity contribution in [3.8, 4) is 0 Å². The fraction of sp³-hybridized carbons (Fsp3) is 0.316. The summed E-state index contributed by atoms with van der Waals surface area (Å²) in [5, 5.41) is 11.1. The predicted octanol–water partition coefficient (Wildman–Crippen LogP) is 3.98. The van der Waals surface area contributed by atoms with Crippen LogP contribution in [0.1, 0.15) is 12.8 Å². The lowest BCUT2D eigenvalue weighted by atomic mass is 9.68. The van der Waals surface area contributed by atoms with Gasteiger partial charge in [0.05, 0.1) is 0 Å². The van der Waals surface area contributed by atoms with Crippen LogP contribution in [0.25, 0.3) is 0 Å². The van der Waals surface area contributed by atoms with E-state index in [1.165, 1.54) is 23.9 Å². The second kappa shape index (κ2) is 6.13. The van der Waals surface area contributed by atoms with E-state index in [2.05, 4.69) is 29.9 Å². The summed E-state index contributed by atoms with van der Waals surface area (Å²) in [5.41, 5.74) is 4.00. The van der Waals surface area contributed by atoms with Crippen LogP contribution in [0.5, 0.6) is 0 Å². The van der Waals surface area contributed by atoms with Crippen LogP contribution in [0.15, 0.2) is 59.8 Å². The summed E-state index contributed by atoms with van der Waals surface area (Å²) in [5.74, 6) is -0.250. The van der Waals surface area contributed by atoms with Gasteiger partial charge in [-0.2, -0.15) is 0 Å². The number of nitrogens with zero attached hydrogens (tertiary/aromatic N) is 1. The molecule has 0 aromatic heterocycles. The van der Waals surface area contributed by atoms with Gasteiger partial charge in [0.25, 0.3) is 0 Å². The summed E-state index contributed by atoms with van der Waals surface area (Å²) in [4.78, 5) is 2.32. The molecule has 0 radical (unpaired) electrons. The number of nitrogens with one attached hydrogen (secondary N) is 2. The maximum atomic E-state index is 13.1. The van der Waals surface area contributed by atoms with Crippen molar-refractivity contribution >= 4 is 11.9 Å². The van der Waals surface area contributed by atoms with Gasteiger partial charge in [-0.25, -0.2) is 4.39 Å². The fourth-order valence-corrected chi connectivity index (χ4v) is 3.51. The molecule has 1 heterocycles. The zero-order chi connectivity index (χ0) is 16.4. The van der Waals surface area contributed by atoms with E-state index in [4.69, 9.17) is 5.41 Å². The maximum Gasteiger partial charge on any atom is 0.123 e. The lowest BCUT2D eigenvalue weighted by Crippen LogP contribution is -2.43. The maximum absolute atomic E-state index is 13.1. The molecule has 2 aliphatic rings. The number of halogens is 1. The number of hydrogen-bond donors (Lipinski definition) is 2. The molecule has 1 aromatic rings. The third-order valence-electron chi connectivity index (χ3n) is 4.81. The van der Waals surface area contributed by atoms with Gasteiger partial charge in [-0.15, -0.1) is 6.58 Å². The van der Waals surface area contributed by atoms with Crippen molar-refractivity contribution in [3.05, 3.63) is 65.7 Å². The van der Waals surface area contributed by atoms with Gasteiger partial charge in [0, 0.05) is 36.1 Å². The smallest absolute Gasteiger partial charge is 0.123 e. The molecular weight excluding hydrogens is 289 g/mol. The Hall–Kier alpha value is -2.20. The Labute approximate surface area is 136 Å². The summed E-state index contributed by atoms with van der Waals surface area (Å²) in [6, 6.07) is 6.30. The molecule has 120 valence electrons. The van der Waals surface area contributed by atoms with Gasteiger partial charge in [-0.05, 0) is 55.8 Å². The standard InChI is InChI=1S/C19H22FN3/c1-3-19-11-14(12-21)18(10-15(19)8-9-23(2)13-19)22-17-6-4-16(20)5-7-17/h3-7,10,12,21-22H,1,8-9,11,13H2,2H3. The van der Waals surface area contributed by atoms with Gasteiger partial charge < -0.3 is 15.6 Å². The molecule has 1 atom stereocenters. The van der Waals surface area contributed by atoms with Crippen LogP contribution in [0.4, 0.5) is 10.1 Å². The normalized spacial score (nSPS) is 24.7. The molecule has 0 spiro atoms. The van der Waals surface area contributed by atoms with Crippen molar-refractivity contribution in [3.63, 3.8) is 0 Å². The van der Waals surface area contributed by atoms with E-state index in [1.54, 1.807) is 12.1 Å². The van der Waals surface area contributed by atoms with E-state index in [1.807, 2.05) is 6.08 Å². The Kier molecular flexibility index (Phi) is 4.18. The van der Waals surface area contributed by atoms with E-state index in [-0.39, 0.29) is 11.2 Å². The number of hydrogen-bond acceptors (Lipinski definition) is 3. The fourth-order valence-electron chi connectivity index (χ4n) is 3.51. The predicted molar refractivity (Wildman–Crippen MR) is 93.3 cm³/mol. The highest BCUT2D eigenvalue weighted by Crippen LogP contribution is 2.45.